The summed E-state index contributed by atoms with van der Waals surface area (Å²) in [6.07, 6.45) is 2.21. The Morgan fingerprint density at radius 2 is 1.88 bits per heavy atom. The number of aliphatic hydroxyl groups is 2. The molecular weight excluding hydrogens is 393 g/mol. The van der Waals surface area contributed by atoms with E-state index >= 15 is 0 Å². The largest absolute Gasteiger partial charge is 0.546 e. The van der Waals surface area contributed by atoms with Crippen LogP contribution in [0.1, 0.15) is 30.4 Å². The maximum atomic E-state index is 12.2. The number of aliphatic hydroxyl groups excluding tert-OH is 2. The third kappa shape index (κ3) is 6.58. The van der Waals surface area contributed by atoms with E-state index in [9.17, 15) is 9.90 Å². The molecule has 1 aromatic rings. The van der Waals surface area contributed by atoms with Crippen molar-refractivity contribution in [2.24, 2.45) is 11.8 Å². The van der Waals surface area contributed by atoms with Gasteiger partial charge in [-0.1, -0.05) is 30.2 Å². The van der Waals surface area contributed by atoms with E-state index in [1.165, 1.54) is 0 Å². The van der Waals surface area contributed by atoms with Gasteiger partial charge >= 0.3 is 0 Å². The summed E-state index contributed by atoms with van der Waals surface area (Å²) in [5.74, 6) is 5.67. The van der Waals surface area contributed by atoms with Crippen molar-refractivity contribution in [1.82, 2.24) is 0 Å². The molecule has 1 aliphatic rings. The topological polar surface area (TPSA) is 66.8 Å². The van der Waals surface area contributed by atoms with Gasteiger partial charge in [-0.2, -0.15) is 0 Å². The number of ketones is 1. The summed E-state index contributed by atoms with van der Waals surface area (Å²) in [6, 6.07) is 7.99. The minimum atomic E-state index is -0.606. The molecule has 1 aliphatic carbocycles. The van der Waals surface area contributed by atoms with Crippen LogP contribution in [-0.2, 0) is 55.1 Å². The van der Waals surface area contributed by atoms with Crippen LogP contribution in [-0.4, -0.2) is 35.3 Å². The molecule has 133 valence electrons. The van der Waals surface area contributed by atoms with Gasteiger partial charge in [-0.25, -0.2) is 7.11 Å². The number of hydrogen-bond donors (Lipinski definition) is 2. The summed E-state index contributed by atoms with van der Waals surface area (Å²) < 4.78 is 4.65. The van der Waals surface area contributed by atoms with Crippen LogP contribution in [0.15, 0.2) is 24.3 Å². The van der Waals surface area contributed by atoms with Crippen molar-refractivity contribution in [2.45, 2.75) is 38.2 Å². The Morgan fingerprint density at radius 1 is 1.20 bits per heavy atom. The second-order valence-electron chi connectivity index (χ2n) is 6.20. The Morgan fingerprint density at radius 3 is 2.52 bits per heavy atom. The molecule has 1 aromatic carbocycles. The Labute approximate surface area is 175 Å². The molecule has 0 aliphatic heterocycles. The van der Waals surface area contributed by atoms with Crippen LogP contribution >= 0.6 is 0 Å². The van der Waals surface area contributed by atoms with E-state index in [2.05, 4.69) is 23.7 Å². The molecule has 1 saturated carbocycles. The summed E-state index contributed by atoms with van der Waals surface area (Å²) in [7, 11) is 3.26. The monoisotopic (exact) mass is 418 g/mol. The normalized spacial score (nSPS) is 22.2. The number of ether oxygens (including phenoxy) is 1. The molecule has 0 heterocycles. The van der Waals surface area contributed by atoms with Gasteiger partial charge in [0.1, 0.15) is 5.78 Å². The smallest absolute Gasteiger partial charge is 0.138 e. The van der Waals surface area contributed by atoms with Gasteiger partial charge < -0.3 is 14.9 Å². The van der Waals surface area contributed by atoms with Gasteiger partial charge in [0, 0.05) is 64.0 Å². The van der Waals surface area contributed by atoms with Crippen molar-refractivity contribution >= 4 is 5.78 Å². The molecular formula is C20H25O4Y-. The molecule has 1 fully saturated rings. The first-order valence-corrected chi connectivity index (χ1v) is 8.38. The first kappa shape index (κ1) is 22.5. The van der Waals surface area contributed by atoms with Crippen LogP contribution < -0.4 is 0 Å². The maximum Gasteiger partial charge on any atom is 0.138 e. The molecule has 1 radical (unpaired) electrons. The van der Waals surface area contributed by atoms with Crippen molar-refractivity contribution in [2.75, 3.05) is 13.2 Å². The molecule has 1 unspecified atom stereocenters. The van der Waals surface area contributed by atoms with Gasteiger partial charge in [0.2, 0.25) is 0 Å². The number of carbonyl (C=O) groups is 1. The SMILES string of the molecule is [CH2-]OCC#CC[C@H]1C(O)CC(=O)[C@@H]1CCc1ccccc1CCO.[Y]. The van der Waals surface area contributed by atoms with E-state index in [0.717, 1.165) is 17.5 Å². The number of Topliss-reactive ketones (excluding diaryl/α,β-unsaturated/α-hetero) is 1. The molecule has 0 bridgehead atoms. The summed E-state index contributed by atoms with van der Waals surface area (Å²) in [6.45, 7) is 0.376. The van der Waals surface area contributed by atoms with Gasteiger partial charge in [-0.05, 0) is 30.4 Å². The van der Waals surface area contributed by atoms with Gasteiger partial charge in [0.25, 0.3) is 0 Å². The number of rotatable bonds is 7. The first-order chi connectivity index (χ1) is 11.7. The second kappa shape index (κ2) is 11.9. The fraction of sp³-hybridized carbons (Fsp3) is 0.500. The van der Waals surface area contributed by atoms with Crippen molar-refractivity contribution < 1.29 is 52.5 Å². The number of benzene rings is 1. The Kier molecular flexibility index (Phi) is 10.7. The third-order valence-electron chi connectivity index (χ3n) is 4.70. The minimum Gasteiger partial charge on any atom is -0.546 e. The second-order valence-corrected chi connectivity index (χ2v) is 6.20. The van der Waals surface area contributed by atoms with Gasteiger partial charge in [0.15, 0.2) is 0 Å². The zero-order valence-corrected chi connectivity index (χ0v) is 17.3. The van der Waals surface area contributed by atoms with Gasteiger partial charge in [0.05, 0.1) is 12.7 Å². The van der Waals surface area contributed by atoms with E-state index in [4.69, 9.17) is 5.11 Å². The van der Waals surface area contributed by atoms with Gasteiger partial charge in [-0.15, -0.1) is 5.92 Å². The fourth-order valence-electron chi connectivity index (χ4n) is 3.44. The third-order valence-corrected chi connectivity index (χ3v) is 4.70. The van der Waals surface area contributed by atoms with E-state index < -0.39 is 6.10 Å². The molecule has 3 atom stereocenters. The average molecular weight is 418 g/mol. The minimum absolute atomic E-state index is 0. The van der Waals surface area contributed by atoms with Crippen LogP contribution in [0.2, 0.25) is 0 Å². The van der Waals surface area contributed by atoms with Crippen LogP contribution in [0.4, 0.5) is 0 Å². The van der Waals surface area contributed by atoms with Crippen molar-refractivity contribution in [3.05, 3.63) is 42.5 Å². The van der Waals surface area contributed by atoms with E-state index in [1.54, 1.807) is 0 Å². The standard InChI is InChI=1S/C20H25O4.Y/c1-24-13-5-4-8-17-18(20(23)14-19(17)22)10-9-15-6-2-3-7-16(15)11-12-21;/h2-3,6-7,17-19,21-22H,1,8-14H2;/q-1;/t17-,18-,19?;/m1./s1. The van der Waals surface area contributed by atoms with Gasteiger partial charge in [-0.3, -0.25) is 4.79 Å². The van der Waals surface area contributed by atoms with Crippen LogP contribution in [0.3, 0.4) is 0 Å². The van der Waals surface area contributed by atoms with Crippen LogP contribution in [0.25, 0.3) is 0 Å². The van der Waals surface area contributed by atoms with Crippen molar-refractivity contribution in [3.8, 4) is 11.8 Å². The quantitative estimate of drug-likeness (QED) is 0.525. The number of carbonyl (C=O) groups excluding carboxylic acids is 1. The Bertz CT molecular complexity index is 605. The summed E-state index contributed by atoms with van der Waals surface area (Å²) in [5.41, 5.74) is 2.28. The van der Waals surface area contributed by atoms with E-state index in [1.807, 2.05) is 24.3 Å². The van der Waals surface area contributed by atoms with Crippen LogP contribution in [0.5, 0.6) is 0 Å². The molecule has 2 N–H and O–H groups in total. The Hall–Kier alpha value is -0.566. The summed E-state index contributed by atoms with van der Waals surface area (Å²) in [5, 5.41) is 19.3. The molecule has 0 aromatic heterocycles. The van der Waals surface area contributed by atoms with E-state index in [-0.39, 0.29) is 70.0 Å². The molecule has 5 heteroatoms. The molecule has 0 amide bonds. The number of hydrogen-bond acceptors (Lipinski definition) is 4. The molecule has 0 saturated heterocycles. The zero-order chi connectivity index (χ0) is 17.4. The zero-order valence-electron chi connectivity index (χ0n) is 14.5. The van der Waals surface area contributed by atoms with Crippen molar-refractivity contribution in [1.29, 1.82) is 0 Å². The van der Waals surface area contributed by atoms with Crippen molar-refractivity contribution in [3.63, 3.8) is 0 Å². The first-order valence-electron chi connectivity index (χ1n) is 8.38. The maximum absolute atomic E-state index is 12.2. The molecule has 4 nitrogen and oxygen atoms in total. The molecule has 0 spiro atoms. The predicted molar refractivity (Wildman–Crippen MR) is 91.9 cm³/mol. The molecule has 2 rings (SSSR count). The Balaban J connectivity index is 0.00000312. The predicted octanol–water partition coefficient (Wildman–Crippen LogP) is 1.92. The number of aryl methyl sites for hydroxylation is 1. The summed E-state index contributed by atoms with van der Waals surface area (Å²) in [4.78, 5) is 12.2. The summed E-state index contributed by atoms with van der Waals surface area (Å²) >= 11 is 0. The van der Waals surface area contributed by atoms with Crippen LogP contribution in [0, 0.1) is 30.8 Å². The average Bonchev–Trinajstić information content (AvgIpc) is 2.84. The fourth-order valence-corrected chi connectivity index (χ4v) is 3.44. The molecule has 25 heavy (non-hydrogen) atoms. The van der Waals surface area contributed by atoms with E-state index in [0.29, 0.717) is 19.3 Å².